The van der Waals surface area contributed by atoms with Crippen molar-refractivity contribution < 1.29 is 26.4 Å². The summed E-state index contributed by atoms with van der Waals surface area (Å²) in [5.41, 5.74) is 0.954. The Morgan fingerprint density at radius 1 is 0.955 bits per heavy atom. The van der Waals surface area contributed by atoms with Crippen molar-refractivity contribution in [1.82, 2.24) is 0 Å². The van der Waals surface area contributed by atoms with Crippen LogP contribution in [0, 0.1) is 0 Å². The van der Waals surface area contributed by atoms with E-state index in [-0.39, 0.29) is 11.3 Å². The zero-order valence-electron chi connectivity index (χ0n) is 10.9. The summed E-state index contributed by atoms with van der Waals surface area (Å²) in [7, 11) is -5.06. The average Bonchev–Trinajstić information content (AvgIpc) is 2.45. The van der Waals surface area contributed by atoms with Gasteiger partial charge in [-0.2, -0.15) is 18.6 Å². The first-order chi connectivity index (χ1) is 10.3. The van der Waals surface area contributed by atoms with Crippen molar-refractivity contribution in [2.45, 2.75) is 0 Å². The summed E-state index contributed by atoms with van der Waals surface area (Å²) in [6, 6.07) is 11.0. The van der Waals surface area contributed by atoms with Crippen molar-refractivity contribution in [1.29, 1.82) is 0 Å². The zero-order chi connectivity index (χ0) is 16.2. The lowest BCUT2D eigenvalue weighted by atomic mass is 10.2. The molecule has 2 rings (SSSR count). The molecule has 0 aliphatic carbocycles. The van der Waals surface area contributed by atoms with E-state index < -0.39 is 16.5 Å². The molecule has 0 spiro atoms. The molecule has 0 heterocycles. The predicted octanol–water partition coefficient (Wildman–Crippen LogP) is 3.39. The summed E-state index contributed by atoms with van der Waals surface area (Å²) < 4.78 is 36.9. The second kappa shape index (κ2) is 6.31. The molecule has 0 amide bonds. The molecule has 0 aliphatic rings. The van der Waals surface area contributed by atoms with Crippen LogP contribution in [0.5, 0.6) is 5.75 Å². The van der Waals surface area contributed by atoms with Gasteiger partial charge >= 0.3 is 16.5 Å². The number of nitrogens with zero attached hydrogens (tertiary/aromatic N) is 2. The number of rotatable bonds is 5. The van der Waals surface area contributed by atoms with Gasteiger partial charge in [-0.1, -0.05) is 3.89 Å². The molecule has 0 saturated carbocycles. The Morgan fingerprint density at radius 2 is 1.41 bits per heavy atom. The summed E-state index contributed by atoms with van der Waals surface area (Å²) in [6.45, 7) is 0. The van der Waals surface area contributed by atoms with Gasteiger partial charge in [0.25, 0.3) is 0 Å². The molecule has 114 valence electrons. The summed E-state index contributed by atoms with van der Waals surface area (Å²) in [4.78, 5) is 10.7. The number of carbonyl (C=O) groups is 1. The van der Waals surface area contributed by atoms with Gasteiger partial charge in [0, 0.05) is 0 Å². The smallest absolute Gasteiger partial charge is 0.478 e. The van der Waals surface area contributed by atoms with E-state index in [1.165, 1.54) is 48.5 Å². The highest BCUT2D eigenvalue weighted by Crippen LogP contribution is 2.22. The fourth-order valence-corrected chi connectivity index (χ4v) is 1.81. The number of halogens is 1. The normalized spacial score (nSPS) is 11.5. The van der Waals surface area contributed by atoms with Gasteiger partial charge in [-0.3, -0.25) is 0 Å². The lowest BCUT2D eigenvalue weighted by Crippen LogP contribution is -2.00. The standard InChI is InChI=1S/C13H9FN2O5S/c14-22(19,20)21-12-7-5-11(6-8-12)16-15-10-3-1-9(2-4-10)13(17)18/h1-8H,(H,17,18). The van der Waals surface area contributed by atoms with Crippen LogP contribution in [-0.2, 0) is 10.5 Å². The van der Waals surface area contributed by atoms with Crippen LogP contribution in [0.2, 0.25) is 0 Å². The Balaban J connectivity index is 2.08. The summed E-state index contributed by atoms with van der Waals surface area (Å²) in [5.74, 6) is -1.23. The van der Waals surface area contributed by atoms with Crippen LogP contribution in [-0.4, -0.2) is 19.5 Å². The lowest BCUT2D eigenvalue weighted by Gasteiger charge is -1.99. The predicted molar refractivity (Wildman–Crippen MR) is 74.7 cm³/mol. The van der Waals surface area contributed by atoms with E-state index in [1.807, 2.05) is 0 Å². The number of azo groups is 1. The third kappa shape index (κ3) is 4.63. The van der Waals surface area contributed by atoms with Gasteiger partial charge in [0.05, 0.1) is 16.9 Å². The number of carboxylic acid groups (broad SMARTS) is 1. The fraction of sp³-hybridized carbons (Fsp3) is 0. The average molecular weight is 324 g/mol. The molecule has 2 aromatic rings. The van der Waals surface area contributed by atoms with Gasteiger partial charge in [-0.25, -0.2) is 4.79 Å². The molecule has 2 aromatic carbocycles. The first-order valence-corrected chi connectivity index (χ1v) is 7.13. The molecular formula is C13H9FN2O5S. The molecule has 1 N–H and O–H groups in total. The van der Waals surface area contributed by atoms with Crippen LogP contribution in [0.25, 0.3) is 0 Å². The first kappa shape index (κ1) is 15.6. The minimum Gasteiger partial charge on any atom is -0.478 e. The number of hydrogen-bond donors (Lipinski definition) is 1. The fourth-order valence-electron chi connectivity index (χ4n) is 1.47. The summed E-state index contributed by atoms with van der Waals surface area (Å²) in [6.07, 6.45) is 0. The van der Waals surface area contributed by atoms with Crippen molar-refractivity contribution in [3.63, 3.8) is 0 Å². The van der Waals surface area contributed by atoms with Crippen molar-refractivity contribution >= 4 is 27.8 Å². The maximum absolute atomic E-state index is 12.3. The first-order valence-electron chi connectivity index (χ1n) is 5.83. The van der Waals surface area contributed by atoms with Crippen LogP contribution in [0.3, 0.4) is 0 Å². The van der Waals surface area contributed by atoms with Gasteiger partial charge in [0.1, 0.15) is 5.75 Å². The van der Waals surface area contributed by atoms with Crippen molar-refractivity contribution in [3.05, 3.63) is 54.1 Å². The Morgan fingerprint density at radius 3 is 1.82 bits per heavy atom. The highest BCUT2D eigenvalue weighted by Gasteiger charge is 2.08. The highest BCUT2D eigenvalue weighted by atomic mass is 32.3. The SMILES string of the molecule is O=C(O)c1ccc(N=Nc2ccc(OS(=O)(=O)F)cc2)cc1. The molecule has 0 aliphatic heterocycles. The Hall–Kier alpha value is -2.81. The molecule has 0 aromatic heterocycles. The summed E-state index contributed by atoms with van der Waals surface area (Å²) in [5, 5.41) is 16.5. The minimum absolute atomic E-state index is 0.132. The maximum Gasteiger partial charge on any atom is 0.488 e. The molecule has 0 fully saturated rings. The van der Waals surface area contributed by atoms with Crippen LogP contribution in [0.15, 0.2) is 58.8 Å². The number of benzene rings is 2. The molecule has 0 radical (unpaired) electrons. The topological polar surface area (TPSA) is 105 Å². The van der Waals surface area contributed by atoms with Crippen molar-refractivity contribution in [2.24, 2.45) is 10.2 Å². The number of hydrogen-bond acceptors (Lipinski definition) is 6. The van der Waals surface area contributed by atoms with Gasteiger partial charge in [-0.05, 0) is 48.5 Å². The van der Waals surface area contributed by atoms with E-state index >= 15 is 0 Å². The Labute approximate surface area is 125 Å². The van der Waals surface area contributed by atoms with Gasteiger partial charge in [-0.15, -0.1) is 0 Å². The lowest BCUT2D eigenvalue weighted by molar-refractivity contribution is 0.0697. The third-order valence-corrected chi connectivity index (χ3v) is 2.82. The minimum atomic E-state index is -5.06. The van der Waals surface area contributed by atoms with E-state index in [9.17, 15) is 17.1 Å². The third-order valence-electron chi connectivity index (χ3n) is 2.43. The highest BCUT2D eigenvalue weighted by molar-refractivity contribution is 7.81. The molecule has 0 bridgehead atoms. The molecule has 22 heavy (non-hydrogen) atoms. The molecular weight excluding hydrogens is 315 g/mol. The van der Waals surface area contributed by atoms with E-state index in [2.05, 4.69) is 14.4 Å². The number of aromatic carboxylic acids is 1. The van der Waals surface area contributed by atoms with E-state index in [4.69, 9.17) is 5.11 Å². The second-order valence-electron chi connectivity index (χ2n) is 4.02. The van der Waals surface area contributed by atoms with Gasteiger partial charge in [0.15, 0.2) is 0 Å². The van der Waals surface area contributed by atoms with E-state index in [0.717, 1.165) is 0 Å². The Kier molecular flexibility index (Phi) is 4.47. The molecule has 0 saturated heterocycles. The van der Waals surface area contributed by atoms with Crippen LogP contribution in [0.1, 0.15) is 10.4 Å². The molecule has 0 atom stereocenters. The monoisotopic (exact) mass is 324 g/mol. The van der Waals surface area contributed by atoms with Crippen LogP contribution >= 0.6 is 0 Å². The molecule has 7 nitrogen and oxygen atoms in total. The van der Waals surface area contributed by atoms with Gasteiger partial charge in [0.2, 0.25) is 0 Å². The maximum atomic E-state index is 12.3. The van der Waals surface area contributed by atoms with E-state index in [1.54, 1.807) is 0 Å². The Bertz CT molecular complexity index is 801. The van der Waals surface area contributed by atoms with Crippen LogP contribution < -0.4 is 4.18 Å². The largest absolute Gasteiger partial charge is 0.488 e. The quantitative estimate of drug-likeness (QED) is 0.670. The zero-order valence-corrected chi connectivity index (χ0v) is 11.7. The number of carboxylic acids is 1. The van der Waals surface area contributed by atoms with Crippen molar-refractivity contribution in [3.8, 4) is 5.75 Å². The molecule has 0 unspecified atom stereocenters. The summed E-state index contributed by atoms with van der Waals surface area (Å²) >= 11 is 0. The second-order valence-corrected chi connectivity index (χ2v) is 4.98. The van der Waals surface area contributed by atoms with Crippen molar-refractivity contribution in [2.75, 3.05) is 0 Å². The van der Waals surface area contributed by atoms with Gasteiger partial charge < -0.3 is 9.29 Å². The van der Waals surface area contributed by atoms with Crippen LogP contribution in [0.4, 0.5) is 15.3 Å². The molecule has 9 heteroatoms. The van der Waals surface area contributed by atoms with E-state index in [0.29, 0.717) is 11.4 Å².